The van der Waals surface area contributed by atoms with Gasteiger partial charge in [-0.05, 0) is 75.2 Å². The van der Waals surface area contributed by atoms with E-state index in [1.807, 2.05) is 44.2 Å². The topological polar surface area (TPSA) is 106 Å². The maximum Gasteiger partial charge on any atom is 0.271 e. The van der Waals surface area contributed by atoms with E-state index in [1.54, 1.807) is 20.3 Å². The number of halogens is 1. The number of rotatable bonds is 9. The summed E-state index contributed by atoms with van der Waals surface area (Å²) in [5, 5.41) is 2.58. The Morgan fingerprint density at radius 2 is 1.84 bits per heavy atom. The lowest BCUT2D eigenvalue weighted by atomic mass is 10.1. The van der Waals surface area contributed by atoms with Crippen LogP contribution < -0.4 is 20.5 Å². The minimum atomic E-state index is -0.719. The average Bonchev–Trinajstić information content (AvgIpc) is 2.90. The van der Waals surface area contributed by atoms with Crippen molar-refractivity contribution in [1.29, 1.82) is 0 Å². The molecule has 1 aliphatic rings. The average molecular weight is 521 g/mol. The van der Waals surface area contributed by atoms with Crippen molar-refractivity contribution in [3.8, 4) is 11.5 Å². The molecule has 3 rings (SSSR count). The third-order valence-corrected chi connectivity index (χ3v) is 5.99. The molecule has 1 heterocycles. The van der Waals surface area contributed by atoms with Crippen molar-refractivity contribution in [2.45, 2.75) is 26.7 Å². The second-order valence-corrected chi connectivity index (χ2v) is 8.42. The number of nitrogens with one attached hydrogen (secondary N) is 1. The Kier molecular flexibility index (Phi) is 9.81. The lowest BCUT2D eigenvalue weighted by molar-refractivity contribution is -0.112. The highest BCUT2D eigenvalue weighted by atomic mass is 19.1. The van der Waals surface area contributed by atoms with Gasteiger partial charge in [0.15, 0.2) is 11.5 Å². The number of amides is 2. The van der Waals surface area contributed by atoms with Gasteiger partial charge in [-0.2, -0.15) is 0 Å². The molecule has 38 heavy (non-hydrogen) atoms. The molecule has 2 amide bonds. The van der Waals surface area contributed by atoms with Crippen LogP contribution in [0, 0.1) is 5.82 Å². The number of allylic oxidation sites excluding steroid dienone is 4. The summed E-state index contributed by atoms with van der Waals surface area (Å²) in [5.74, 6) is -0.558. The van der Waals surface area contributed by atoms with Gasteiger partial charge in [-0.3, -0.25) is 14.6 Å². The SMILES string of the molecule is CCN(CC)C(=O)c1ccc(NC(=O)C(N)=CC2=N/C(c3ccc(OC)c(OC)c3)=C\C=C/CC2)cc1F. The number of nitrogens with zero attached hydrogens (tertiary/aromatic N) is 2. The molecule has 9 heteroatoms. The summed E-state index contributed by atoms with van der Waals surface area (Å²) in [7, 11) is 3.13. The number of nitrogens with two attached hydrogens (primary N) is 1. The predicted molar refractivity (Wildman–Crippen MR) is 148 cm³/mol. The quantitative estimate of drug-likeness (QED) is 0.456. The molecule has 200 valence electrons. The molecule has 0 unspecified atom stereocenters. The van der Waals surface area contributed by atoms with E-state index in [2.05, 4.69) is 5.32 Å². The van der Waals surface area contributed by atoms with E-state index < -0.39 is 17.6 Å². The van der Waals surface area contributed by atoms with E-state index in [0.717, 1.165) is 11.6 Å². The van der Waals surface area contributed by atoms with E-state index in [0.29, 0.717) is 48.8 Å². The van der Waals surface area contributed by atoms with Gasteiger partial charge in [0.25, 0.3) is 11.8 Å². The van der Waals surface area contributed by atoms with Gasteiger partial charge in [-0.1, -0.05) is 12.2 Å². The Morgan fingerprint density at radius 3 is 2.50 bits per heavy atom. The maximum atomic E-state index is 14.7. The molecule has 0 aromatic heterocycles. The van der Waals surface area contributed by atoms with Gasteiger partial charge < -0.3 is 25.4 Å². The number of ether oxygens (including phenoxy) is 2. The monoisotopic (exact) mass is 520 g/mol. The van der Waals surface area contributed by atoms with Gasteiger partial charge in [-0.25, -0.2) is 4.39 Å². The van der Waals surface area contributed by atoms with E-state index in [4.69, 9.17) is 20.2 Å². The molecule has 1 aliphatic heterocycles. The normalized spacial score (nSPS) is 15.8. The number of hydrogen-bond acceptors (Lipinski definition) is 6. The zero-order valence-electron chi connectivity index (χ0n) is 22.1. The zero-order valence-corrected chi connectivity index (χ0v) is 22.1. The minimum Gasteiger partial charge on any atom is -0.493 e. The van der Waals surface area contributed by atoms with Crippen molar-refractivity contribution in [3.63, 3.8) is 0 Å². The number of carbonyl (C=O) groups is 2. The Labute approximate surface area is 222 Å². The predicted octanol–water partition coefficient (Wildman–Crippen LogP) is 4.94. The second-order valence-electron chi connectivity index (χ2n) is 8.42. The molecule has 0 fully saturated rings. The Hall–Kier alpha value is -4.40. The van der Waals surface area contributed by atoms with Crippen molar-refractivity contribution in [3.05, 3.63) is 83.3 Å². The van der Waals surface area contributed by atoms with Crippen LogP contribution in [0.25, 0.3) is 5.70 Å². The third-order valence-electron chi connectivity index (χ3n) is 5.99. The first-order valence-electron chi connectivity index (χ1n) is 12.3. The molecule has 0 spiro atoms. The summed E-state index contributed by atoms with van der Waals surface area (Å²) in [6.07, 6.45) is 8.59. The lowest BCUT2D eigenvalue weighted by Crippen LogP contribution is -2.31. The summed E-state index contributed by atoms with van der Waals surface area (Å²) in [4.78, 5) is 31.5. The van der Waals surface area contributed by atoms with Crippen LogP contribution in [0.1, 0.15) is 42.6 Å². The summed E-state index contributed by atoms with van der Waals surface area (Å²) >= 11 is 0. The highest BCUT2D eigenvalue weighted by molar-refractivity contribution is 6.09. The fourth-order valence-corrected chi connectivity index (χ4v) is 3.89. The van der Waals surface area contributed by atoms with E-state index >= 15 is 0 Å². The number of benzene rings is 2. The Morgan fingerprint density at radius 1 is 1.11 bits per heavy atom. The van der Waals surface area contributed by atoms with Crippen LogP contribution in [0.15, 0.2) is 71.4 Å². The van der Waals surface area contributed by atoms with Gasteiger partial charge in [0.05, 0.1) is 31.2 Å². The van der Waals surface area contributed by atoms with Crippen molar-refractivity contribution < 1.29 is 23.5 Å². The summed E-state index contributed by atoms with van der Waals surface area (Å²) < 4.78 is 25.4. The zero-order chi connectivity index (χ0) is 27.7. The molecule has 2 aromatic carbocycles. The standard InChI is InChI=1S/C29H33FN4O4/c1-5-34(6-2)29(36)22-14-13-21(17-23(22)30)33-28(35)24(31)18-20-10-8-7-9-11-25(32-20)19-12-15-26(37-3)27(16-19)38-4/h7,9,11-18H,5-6,8,10,31H2,1-4H3,(H,33,35)/b9-7-,24-18?,25-11-,32-20?. The minimum absolute atomic E-state index is 0.0541. The maximum absolute atomic E-state index is 14.7. The Balaban J connectivity index is 1.81. The summed E-state index contributed by atoms with van der Waals surface area (Å²) in [6, 6.07) is 9.43. The van der Waals surface area contributed by atoms with Crippen molar-refractivity contribution in [2.75, 3.05) is 32.6 Å². The van der Waals surface area contributed by atoms with E-state index in [1.165, 1.54) is 23.1 Å². The Bertz CT molecular complexity index is 1310. The van der Waals surface area contributed by atoms with Crippen LogP contribution in [0.2, 0.25) is 0 Å². The molecule has 0 radical (unpaired) electrons. The van der Waals surface area contributed by atoms with Crippen LogP contribution >= 0.6 is 0 Å². The number of aliphatic imine (C=N–C) groups is 1. The van der Waals surface area contributed by atoms with E-state index in [-0.39, 0.29) is 16.9 Å². The number of anilines is 1. The molecule has 0 aliphatic carbocycles. The first-order valence-corrected chi connectivity index (χ1v) is 12.3. The van der Waals surface area contributed by atoms with E-state index in [9.17, 15) is 14.0 Å². The van der Waals surface area contributed by atoms with Crippen molar-refractivity contribution >= 4 is 28.9 Å². The van der Waals surface area contributed by atoms with Crippen LogP contribution in [0.3, 0.4) is 0 Å². The van der Waals surface area contributed by atoms with Crippen LogP contribution in [0.5, 0.6) is 11.5 Å². The number of carbonyl (C=O) groups excluding carboxylic acids is 2. The number of methoxy groups -OCH3 is 2. The first kappa shape index (κ1) is 28.2. The highest BCUT2D eigenvalue weighted by Crippen LogP contribution is 2.31. The largest absolute Gasteiger partial charge is 0.493 e. The molecule has 8 nitrogen and oxygen atoms in total. The van der Waals surface area contributed by atoms with Crippen LogP contribution in [-0.4, -0.2) is 49.7 Å². The van der Waals surface area contributed by atoms with Gasteiger partial charge in [0.1, 0.15) is 5.82 Å². The van der Waals surface area contributed by atoms with Gasteiger partial charge in [0.2, 0.25) is 0 Å². The fourth-order valence-electron chi connectivity index (χ4n) is 3.89. The molecule has 2 aromatic rings. The molecular weight excluding hydrogens is 487 g/mol. The van der Waals surface area contributed by atoms with Gasteiger partial charge in [0, 0.05) is 30.1 Å². The molecule has 0 atom stereocenters. The smallest absolute Gasteiger partial charge is 0.271 e. The van der Waals surface area contributed by atoms with Gasteiger partial charge >= 0.3 is 0 Å². The summed E-state index contributed by atoms with van der Waals surface area (Å²) in [5.41, 5.74) is 8.21. The molecular formula is C29H33FN4O4. The number of hydrogen-bond donors (Lipinski definition) is 2. The summed E-state index contributed by atoms with van der Waals surface area (Å²) in [6.45, 7) is 4.59. The third kappa shape index (κ3) is 6.88. The second kappa shape index (κ2) is 13.2. The van der Waals surface area contributed by atoms with Gasteiger partial charge in [-0.15, -0.1) is 0 Å². The van der Waals surface area contributed by atoms with Crippen LogP contribution in [0.4, 0.5) is 10.1 Å². The molecule has 0 saturated heterocycles. The molecule has 0 bridgehead atoms. The first-order chi connectivity index (χ1) is 18.3. The van der Waals surface area contributed by atoms with Crippen LogP contribution in [-0.2, 0) is 4.79 Å². The lowest BCUT2D eigenvalue weighted by Gasteiger charge is -2.19. The molecule has 3 N–H and O–H groups in total. The highest BCUT2D eigenvalue weighted by Gasteiger charge is 2.18. The van der Waals surface area contributed by atoms with Crippen molar-refractivity contribution in [2.24, 2.45) is 10.7 Å². The fraction of sp³-hybridized carbons (Fsp3) is 0.276. The molecule has 0 saturated carbocycles. The van der Waals surface area contributed by atoms with Crippen molar-refractivity contribution in [1.82, 2.24) is 4.90 Å².